The van der Waals surface area contributed by atoms with Crippen LogP contribution in [0.1, 0.15) is 24.9 Å². The molecule has 2 heterocycles. The number of hydrogen-bond donors (Lipinski definition) is 2. The lowest BCUT2D eigenvalue weighted by Gasteiger charge is -2.37. The van der Waals surface area contributed by atoms with Crippen LogP contribution in [0.15, 0.2) is 24.3 Å². The van der Waals surface area contributed by atoms with Crippen LogP contribution < -0.4 is 10.6 Å². The van der Waals surface area contributed by atoms with Crippen LogP contribution in [0, 0.1) is 5.92 Å². The topological polar surface area (TPSA) is 62.8 Å². The highest BCUT2D eigenvalue weighted by Crippen LogP contribution is 2.22. The molecule has 3 unspecified atom stereocenters. The highest BCUT2D eigenvalue weighted by Gasteiger charge is 2.31. The van der Waals surface area contributed by atoms with Gasteiger partial charge in [-0.2, -0.15) is 0 Å². The number of halogens is 1. The van der Waals surface area contributed by atoms with Gasteiger partial charge in [0.2, 0.25) is 0 Å². The molecule has 0 aromatic heterocycles. The summed E-state index contributed by atoms with van der Waals surface area (Å²) in [5, 5.41) is 6.74. The van der Waals surface area contributed by atoms with E-state index in [2.05, 4.69) is 15.5 Å². The van der Waals surface area contributed by atoms with E-state index in [4.69, 9.17) is 21.1 Å². The van der Waals surface area contributed by atoms with Gasteiger partial charge in [0, 0.05) is 43.2 Å². The van der Waals surface area contributed by atoms with E-state index in [1.54, 1.807) is 0 Å². The number of ether oxygens (including phenoxy) is 2. The van der Waals surface area contributed by atoms with Crippen molar-refractivity contribution in [1.82, 2.24) is 15.5 Å². The third-order valence-corrected chi connectivity index (χ3v) is 5.47. The Bertz CT molecular complexity index is 572. The van der Waals surface area contributed by atoms with Crippen molar-refractivity contribution in [1.29, 1.82) is 0 Å². The molecule has 7 heteroatoms. The Kier molecular flexibility index (Phi) is 7.14. The zero-order chi connectivity index (χ0) is 18.4. The van der Waals surface area contributed by atoms with Gasteiger partial charge in [0.15, 0.2) is 0 Å². The average Bonchev–Trinajstić information content (AvgIpc) is 3.17. The monoisotopic (exact) mass is 381 g/mol. The van der Waals surface area contributed by atoms with Crippen molar-refractivity contribution in [2.24, 2.45) is 5.92 Å². The summed E-state index contributed by atoms with van der Waals surface area (Å²) in [7, 11) is 0. The van der Waals surface area contributed by atoms with Crippen LogP contribution in [-0.2, 0) is 9.47 Å². The first-order valence-corrected chi connectivity index (χ1v) is 9.70. The molecular formula is C19H28ClN3O3. The summed E-state index contributed by atoms with van der Waals surface area (Å²) < 4.78 is 11.0. The van der Waals surface area contributed by atoms with Crippen molar-refractivity contribution in [3.8, 4) is 0 Å². The van der Waals surface area contributed by atoms with Crippen molar-refractivity contribution in [3.05, 3.63) is 34.9 Å². The van der Waals surface area contributed by atoms with Crippen molar-refractivity contribution < 1.29 is 14.3 Å². The molecule has 2 fully saturated rings. The highest BCUT2D eigenvalue weighted by atomic mass is 35.5. The predicted octanol–water partition coefficient (Wildman–Crippen LogP) is 2.44. The summed E-state index contributed by atoms with van der Waals surface area (Å²) >= 11 is 5.92. The number of nitrogens with one attached hydrogen (secondary N) is 2. The molecule has 0 spiro atoms. The standard InChI is InChI=1S/C19H28ClN3O3/c1-14(15-2-4-17(20)5-3-15)22-19(24)21-12-18(16-6-9-26-13-16)23-7-10-25-11-8-23/h2-5,14,16,18H,6-13H2,1H3,(H2,21,22,24). The third kappa shape index (κ3) is 5.33. The molecule has 0 aliphatic carbocycles. The number of amides is 2. The van der Waals surface area contributed by atoms with E-state index in [0.29, 0.717) is 17.5 Å². The van der Waals surface area contributed by atoms with E-state index in [-0.39, 0.29) is 18.1 Å². The molecule has 144 valence electrons. The minimum Gasteiger partial charge on any atom is -0.381 e. The second-order valence-corrected chi connectivity index (χ2v) is 7.40. The summed E-state index contributed by atoms with van der Waals surface area (Å²) in [6.45, 7) is 7.49. The smallest absolute Gasteiger partial charge is 0.315 e. The van der Waals surface area contributed by atoms with Crippen LogP contribution in [0.5, 0.6) is 0 Å². The van der Waals surface area contributed by atoms with Gasteiger partial charge in [0.05, 0.1) is 25.9 Å². The van der Waals surface area contributed by atoms with Crippen molar-refractivity contribution in [2.45, 2.75) is 25.4 Å². The molecule has 2 aliphatic rings. The maximum absolute atomic E-state index is 12.4. The number of hydrogen-bond acceptors (Lipinski definition) is 4. The summed E-state index contributed by atoms with van der Waals surface area (Å²) in [6.07, 6.45) is 1.05. The van der Waals surface area contributed by atoms with E-state index in [0.717, 1.165) is 51.5 Å². The van der Waals surface area contributed by atoms with Gasteiger partial charge in [0.1, 0.15) is 0 Å². The van der Waals surface area contributed by atoms with Crippen LogP contribution in [0.3, 0.4) is 0 Å². The molecule has 0 radical (unpaired) electrons. The number of rotatable bonds is 6. The lowest BCUT2D eigenvalue weighted by molar-refractivity contribution is 0.00211. The molecular weight excluding hydrogens is 354 g/mol. The number of urea groups is 1. The second-order valence-electron chi connectivity index (χ2n) is 6.97. The lowest BCUT2D eigenvalue weighted by atomic mass is 9.97. The predicted molar refractivity (Wildman–Crippen MR) is 102 cm³/mol. The molecule has 2 N–H and O–H groups in total. The molecule has 1 aromatic rings. The number of morpholine rings is 1. The molecule has 2 saturated heterocycles. The van der Waals surface area contributed by atoms with E-state index in [1.807, 2.05) is 31.2 Å². The summed E-state index contributed by atoms with van der Waals surface area (Å²) in [6, 6.07) is 7.59. The van der Waals surface area contributed by atoms with Gasteiger partial charge in [-0.25, -0.2) is 4.79 Å². The van der Waals surface area contributed by atoms with Gasteiger partial charge in [-0.1, -0.05) is 23.7 Å². The van der Waals surface area contributed by atoms with Crippen molar-refractivity contribution >= 4 is 17.6 Å². The zero-order valence-electron chi connectivity index (χ0n) is 15.2. The molecule has 0 saturated carbocycles. The summed E-state index contributed by atoms with van der Waals surface area (Å²) in [4.78, 5) is 14.8. The normalized spacial score (nSPS) is 23.4. The Morgan fingerprint density at radius 3 is 2.62 bits per heavy atom. The van der Waals surface area contributed by atoms with Gasteiger partial charge >= 0.3 is 6.03 Å². The molecule has 2 amide bonds. The lowest BCUT2D eigenvalue weighted by Crippen LogP contribution is -2.53. The van der Waals surface area contributed by atoms with Gasteiger partial charge in [-0.15, -0.1) is 0 Å². The fraction of sp³-hybridized carbons (Fsp3) is 0.632. The fourth-order valence-corrected chi connectivity index (χ4v) is 3.76. The maximum atomic E-state index is 12.4. The van der Waals surface area contributed by atoms with Crippen LogP contribution in [-0.4, -0.2) is 63.0 Å². The molecule has 3 atom stereocenters. The van der Waals surface area contributed by atoms with E-state index >= 15 is 0 Å². The van der Waals surface area contributed by atoms with Gasteiger partial charge < -0.3 is 20.1 Å². The number of carbonyl (C=O) groups excluding carboxylic acids is 1. The Hall–Kier alpha value is -1.34. The van der Waals surface area contributed by atoms with Crippen molar-refractivity contribution in [2.75, 3.05) is 46.1 Å². The first-order chi connectivity index (χ1) is 12.6. The zero-order valence-corrected chi connectivity index (χ0v) is 16.0. The molecule has 3 rings (SSSR count). The van der Waals surface area contributed by atoms with Crippen LogP contribution in [0.4, 0.5) is 4.79 Å². The second kappa shape index (κ2) is 9.55. The van der Waals surface area contributed by atoms with Crippen LogP contribution in [0.2, 0.25) is 5.02 Å². The maximum Gasteiger partial charge on any atom is 0.315 e. The van der Waals surface area contributed by atoms with Gasteiger partial charge in [-0.3, -0.25) is 4.90 Å². The Labute approximate surface area is 160 Å². The largest absolute Gasteiger partial charge is 0.381 e. The Balaban J connectivity index is 1.52. The SMILES string of the molecule is CC(NC(=O)NCC(C1CCOC1)N1CCOCC1)c1ccc(Cl)cc1. The molecule has 6 nitrogen and oxygen atoms in total. The molecule has 0 bridgehead atoms. The average molecular weight is 382 g/mol. The third-order valence-electron chi connectivity index (χ3n) is 5.21. The molecule has 26 heavy (non-hydrogen) atoms. The summed E-state index contributed by atoms with van der Waals surface area (Å²) in [5.41, 5.74) is 1.03. The van der Waals surface area contributed by atoms with Crippen molar-refractivity contribution in [3.63, 3.8) is 0 Å². The van der Waals surface area contributed by atoms with Crippen LogP contribution in [0.25, 0.3) is 0 Å². The number of benzene rings is 1. The molecule has 1 aromatic carbocycles. The summed E-state index contributed by atoms with van der Waals surface area (Å²) in [5.74, 6) is 0.460. The first kappa shape index (κ1) is 19.4. The number of carbonyl (C=O) groups is 1. The fourth-order valence-electron chi connectivity index (χ4n) is 3.64. The minimum atomic E-state index is -0.148. The van der Waals surface area contributed by atoms with Crippen LogP contribution >= 0.6 is 11.6 Å². The Morgan fingerprint density at radius 2 is 1.96 bits per heavy atom. The molecule has 2 aliphatic heterocycles. The Morgan fingerprint density at radius 1 is 1.23 bits per heavy atom. The van der Waals surface area contributed by atoms with Gasteiger partial charge in [-0.05, 0) is 31.0 Å². The quantitative estimate of drug-likeness (QED) is 0.794. The van der Waals surface area contributed by atoms with E-state index in [1.165, 1.54) is 0 Å². The van der Waals surface area contributed by atoms with E-state index < -0.39 is 0 Å². The number of nitrogens with zero attached hydrogens (tertiary/aromatic N) is 1. The first-order valence-electron chi connectivity index (χ1n) is 9.33. The highest BCUT2D eigenvalue weighted by molar-refractivity contribution is 6.30. The van der Waals surface area contributed by atoms with Gasteiger partial charge in [0.25, 0.3) is 0 Å². The van der Waals surface area contributed by atoms with E-state index in [9.17, 15) is 4.79 Å². The minimum absolute atomic E-state index is 0.0797.